The zero-order valence-electron chi connectivity index (χ0n) is 31.4. The Hall–Kier alpha value is -3.25. The van der Waals surface area contributed by atoms with Gasteiger partial charge in [-0.25, -0.2) is 4.98 Å². The third-order valence-electron chi connectivity index (χ3n) is 9.52. The van der Waals surface area contributed by atoms with Crippen LogP contribution in [0.5, 0.6) is 0 Å². The number of aliphatic hydroxyl groups excluding tert-OH is 1. The molecule has 0 amide bonds. The molecule has 5 aliphatic rings. The molecule has 5 aliphatic carbocycles. The molecule has 6 heteroatoms. The van der Waals surface area contributed by atoms with Gasteiger partial charge in [-0.15, -0.1) is 0 Å². The number of carbonyl (C=O) groups excluding carboxylic acids is 2. The monoisotopic (exact) mass is 675 g/mol. The van der Waals surface area contributed by atoms with Crippen LogP contribution in [0.4, 0.5) is 0 Å². The third kappa shape index (κ3) is 20.1. The molecule has 4 atom stereocenters. The Morgan fingerprint density at radius 1 is 0.776 bits per heavy atom. The molecule has 4 unspecified atom stereocenters. The van der Waals surface area contributed by atoms with Crippen molar-refractivity contribution in [3.63, 3.8) is 0 Å². The molecule has 2 N–H and O–H groups in total. The summed E-state index contributed by atoms with van der Waals surface area (Å²) in [6.07, 6.45) is 36.3. The van der Waals surface area contributed by atoms with Gasteiger partial charge in [0.05, 0.1) is 18.7 Å². The smallest absolute Gasteiger partial charge is 0.155 e. The summed E-state index contributed by atoms with van der Waals surface area (Å²) >= 11 is 0. The average molecular weight is 675 g/mol. The van der Waals surface area contributed by atoms with Crippen molar-refractivity contribution in [3.8, 4) is 0 Å². The minimum absolute atomic E-state index is 0.149. The van der Waals surface area contributed by atoms with E-state index in [2.05, 4.69) is 62.5 Å². The normalized spacial score (nSPS) is 24.7. The van der Waals surface area contributed by atoms with Crippen LogP contribution >= 0.6 is 0 Å². The van der Waals surface area contributed by atoms with Crippen LogP contribution in [0.3, 0.4) is 0 Å². The first-order valence-electron chi connectivity index (χ1n) is 18.8. The highest BCUT2D eigenvalue weighted by molar-refractivity contribution is 5.90. The number of aliphatic hydroxyl groups is 1. The molecule has 49 heavy (non-hydrogen) atoms. The Bertz CT molecular complexity index is 1230. The minimum atomic E-state index is -0.149. The van der Waals surface area contributed by atoms with Gasteiger partial charge in [0.25, 0.3) is 0 Å². The number of aromatic nitrogens is 2. The van der Waals surface area contributed by atoms with Crippen LogP contribution in [0.25, 0.3) is 0 Å². The van der Waals surface area contributed by atoms with Crippen molar-refractivity contribution >= 4 is 12.1 Å². The predicted molar refractivity (Wildman–Crippen MR) is 204 cm³/mol. The van der Waals surface area contributed by atoms with Gasteiger partial charge in [-0.1, -0.05) is 52.7 Å². The molecule has 0 saturated heterocycles. The SMILES string of the molecule is C=COC1C=C(C)CCC1.CC1=CC(=O)CCC1.CC1=CC(CC=O)CCC1.CC1=CC(Cc2cnc[nH]2)CCC1.CC1=CC(O)CCC1. The number of nitrogens with one attached hydrogen (secondary N) is 1. The summed E-state index contributed by atoms with van der Waals surface area (Å²) in [5, 5.41) is 9.00. The molecule has 6 rings (SSSR count). The Morgan fingerprint density at radius 3 is 1.82 bits per heavy atom. The van der Waals surface area contributed by atoms with E-state index in [0.717, 1.165) is 63.6 Å². The van der Waals surface area contributed by atoms with Gasteiger partial charge in [0.15, 0.2) is 5.78 Å². The van der Waals surface area contributed by atoms with Crippen LogP contribution in [-0.4, -0.2) is 39.4 Å². The number of rotatable bonds is 6. The number of H-pyrrole nitrogens is 1. The van der Waals surface area contributed by atoms with Gasteiger partial charge < -0.3 is 19.6 Å². The molecular formula is C43H66N2O4. The second-order valence-corrected chi connectivity index (χ2v) is 14.5. The number of ketones is 1. The third-order valence-corrected chi connectivity index (χ3v) is 9.52. The molecule has 0 spiro atoms. The van der Waals surface area contributed by atoms with Crippen molar-refractivity contribution in [1.82, 2.24) is 9.97 Å². The summed E-state index contributed by atoms with van der Waals surface area (Å²) in [6, 6.07) is 0. The van der Waals surface area contributed by atoms with Crippen LogP contribution in [0.15, 0.2) is 83.6 Å². The van der Waals surface area contributed by atoms with Crippen molar-refractivity contribution in [2.75, 3.05) is 0 Å². The number of nitrogens with zero attached hydrogens (tertiary/aromatic N) is 1. The van der Waals surface area contributed by atoms with Crippen molar-refractivity contribution < 1.29 is 19.4 Å². The summed E-state index contributed by atoms with van der Waals surface area (Å²) in [6.45, 7) is 14.1. The number of allylic oxidation sites excluding steroid dienone is 8. The highest BCUT2D eigenvalue weighted by Crippen LogP contribution is 2.25. The van der Waals surface area contributed by atoms with Crippen LogP contribution in [0.1, 0.15) is 143 Å². The van der Waals surface area contributed by atoms with E-state index in [1.807, 2.05) is 19.2 Å². The predicted octanol–water partition coefficient (Wildman–Crippen LogP) is 10.8. The molecule has 1 aromatic rings. The molecule has 0 radical (unpaired) electrons. The first kappa shape index (κ1) is 41.9. The average Bonchev–Trinajstić information content (AvgIpc) is 3.56. The van der Waals surface area contributed by atoms with Gasteiger partial charge in [0.2, 0.25) is 0 Å². The van der Waals surface area contributed by atoms with E-state index in [-0.39, 0.29) is 6.10 Å². The van der Waals surface area contributed by atoms with Gasteiger partial charge >= 0.3 is 0 Å². The molecule has 0 aliphatic heterocycles. The van der Waals surface area contributed by atoms with Crippen LogP contribution in [-0.2, 0) is 20.7 Å². The number of imidazole rings is 1. The summed E-state index contributed by atoms with van der Waals surface area (Å²) in [5.74, 6) is 1.58. The molecule has 272 valence electrons. The number of ether oxygens (including phenoxy) is 1. The maximum Gasteiger partial charge on any atom is 0.155 e. The van der Waals surface area contributed by atoms with Gasteiger partial charge in [-0.05, 0) is 155 Å². The van der Waals surface area contributed by atoms with E-state index in [1.165, 1.54) is 92.0 Å². The molecule has 0 fully saturated rings. The topological polar surface area (TPSA) is 92.3 Å². The number of hydrogen-bond donors (Lipinski definition) is 2. The maximum absolute atomic E-state index is 10.6. The Kier molecular flexibility index (Phi) is 21.2. The maximum atomic E-state index is 10.6. The van der Waals surface area contributed by atoms with E-state index < -0.39 is 0 Å². The van der Waals surface area contributed by atoms with E-state index >= 15 is 0 Å². The highest BCUT2D eigenvalue weighted by Gasteiger charge is 2.13. The van der Waals surface area contributed by atoms with Gasteiger partial charge in [0, 0.05) is 24.7 Å². The van der Waals surface area contributed by atoms with Crippen LogP contribution in [0.2, 0.25) is 0 Å². The number of hydrogen-bond acceptors (Lipinski definition) is 5. The first-order chi connectivity index (χ1) is 23.6. The largest absolute Gasteiger partial charge is 0.495 e. The second-order valence-electron chi connectivity index (χ2n) is 14.5. The fourth-order valence-corrected chi connectivity index (χ4v) is 6.92. The quantitative estimate of drug-likeness (QED) is 0.178. The van der Waals surface area contributed by atoms with Crippen LogP contribution < -0.4 is 0 Å². The van der Waals surface area contributed by atoms with Crippen molar-refractivity contribution in [2.24, 2.45) is 11.8 Å². The molecule has 0 aromatic carbocycles. The number of carbonyl (C=O) groups is 2. The molecule has 1 aromatic heterocycles. The number of aromatic amines is 1. The Balaban J connectivity index is 0.000000215. The summed E-state index contributed by atoms with van der Waals surface area (Å²) in [5.41, 5.74) is 8.29. The molecule has 0 saturated carbocycles. The summed E-state index contributed by atoms with van der Waals surface area (Å²) in [7, 11) is 0. The fourth-order valence-electron chi connectivity index (χ4n) is 6.92. The summed E-state index contributed by atoms with van der Waals surface area (Å²) < 4.78 is 5.24. The van der Waals surface area contributed by atoms with Crippen molar-refractivity contribution in [2.45, 2.75) is 156 Å². The fraction of sp³-hybridized carbons (Fsp3) is 0.605. The molecule has 6 nitrogen and oxygen atoms in total. The minimum Gasteiger partial charge on any atom is -0.495 e. The molecular weight excluding hydrogens is 608 g/mol. The van der Waals surface area contributed by atoms with Gasteiger partial charge in [-0.3, -0.25) is 4.79 Å². The lowest BCUT2D eigenvalue weighted by atomic mass is 9.88. The summed E-state index contributed by atoms with van der Waals surface area (Å²) in [4.78, 5) is 27.9. The zero-order chi connectivity index (χ0) is 35.9. The standard InChI is InChI=1S/C11H16N2.2C9H14O.C7H12O.C7H10O/c1-9-3-2-4-10(5-9)6-11-7-12-8-13-11;1-8-3-2-4-9(7-8)5-6-10;1-3-10-9-6-4-5-8(2)7-9;2*1-6-3-2-4-7(8)5-6/h5,7-8,10H,2-4,6H2,1H3,(H,12,13);6-7,9H,2-5H2,1H3;3,7,9H,1,4-6H2,2H3;5,7-8H,2-4H2,1H3;5H,2-4H2,1H3. The van der Waals surface area contributed by atoms with E-state index in [0.29, 0.717) is 17.8 Å². The Morgan fingerprint density at radius 2 is 1.35 bits per heavy atom. The zero-order valence-corrected chi connectivity index (χ0v) is 31.4. The van der Waals surface area contributed by atoms with Crippen molar-refractivity contribution in [1.29, 1.82) is 0 Å². The van der Waals surface area contributed by atoms with Crippen LogP contribution in [0, 0.1) is 11.8 Å². The highest BCUT2D eigenvalue weighted by atomic mass is 16.5. The lowest BCUT2D eigenvalue weighted by Crippen LogP contribution is -2.10. The van der Waals surface area contributed by atoms with Gasteiger partial charge in [-0.2, -0.15) is 0 Å². The first-order valence-corrected chi connectivity index (χ1v) is 18.8. The van der Waals surface area contributed by atoms with Gasteiger partial charge in [0.1, 0.15) is 12.4 Å². The second kappa shape index (κ2) is 24.8. The van der Waals surface area contributed by atoms with E-state index in [1.54, 1.807) is 18.0 Å². The number of aldehydes is 1. The van der Waals surface area contributed by atoms with E-state index in [9.17, 15) is 9.59 Å². The van der Waals surface area contributed by atoms with Crippen molar-refractivity contribution in [3.05, 3.63) is 89.3 Å². The lowest BCUT2D eigenvalue weighted by Gasteiger charge is -2.18. The molecule has 1 heterocycles. The lowest BCUT2D eigenvalue weighted by molar-refractivity contribution is -0.115. The molecule has 0 bridgehead atoms. The Labute approximate surface area is 298 Å². The van der Waals surface area contributed by atoms with E-state index in [4.69, 9.17) is 9.84 Å².